The van der Waals surface area contributed by atoms with E-state index in [1.54, 1.807) is 21.3 Å². The third kappa shape index (κ3) is 6.07. The molecule has 1 unspecified atom stereocenters. The highest BCUT2D eigenvalue weighted by Crippen LogP contribution is 2.39. The minimum Gasteiger partial charge on any atom is -0.493 e. The molecule has 1 aliphatic heterocycles. The predicted octanol–water partition coefficient (Wildman–Crippen LogP) is 3.08. The largest absolute Gasteiger partial charge is 0.493 e. The van der Waals surface area contributed by atoms with Crippen LogP contribution in [0.1, 0.15) is 24.0 Å². The molecule has 7 nitrogen and oxygen atoms in total. The van der Waals surface area contributed by atoms with Crippen molar-refractivity contribution < 1.29 is 14.2 Å². The van der Waals surface area contributed by atoms with Gasteiger partial charge in [0.15, 0.2) is 17.5 Å². The molecule has 0 saturated carbocycles. The summed E-state index contributed by atoms with van der Waals surface area (Å²) in [6, 6.07) is 15.1. The lowest BCUT2D eigenvalue weighted by Gasteiger charge is -2.25. The minimum absolute atomic E-state index is 0.514. The molecule has 2 aromatic carbocycles. The number of nitrogens with one attached hydrogen (secondary N) is 2. The van der Waals surface area contributed by atoms with Crippen LogP contribution in [-0.4, -0.2) is 64.9 Å². The second-order valence-corrected chi connectivity index (χ2v) is 7.88. The van der Waals surface area contributed by atoms with Crippen LogP contribution in [-0.2, 0) is 13.0 Å². The van der Waals surface area contributed by atoms with Gasteiger partial charge in [-0.05, 0) is 37.4 Å². The fraction of sp³-hybridized carbons (Fsp3) is 0.480. The maximum absolute atomic E-state index is 5.59. The molecule has 1 aliphatic rings. The van der Waals surface area contributed by atoms with Crippen LogP contribution in [0.15, 0.2) is 47.5 Å². The van der Waals surface area contributed by atoms with E-state index < -0.39 is 0 Å². The highest BCUT2D eigenvalue weighted by molar-refractivity contribution is 5.79. The quantitative estimate of drug-likeness (QED) is 0.437. The first-order chi connectivity index (χ1) is 15.7. The van der Waals surface area contributed by atoms with Crippen LogP contribution in [0.5, 0.6) is 17.2 Å². The third-order valence-electron chi connectivity index (χ3n) is 5.93. The van der Waals surface area contributed by atoms with E-state index in [1.165, 1.54) is 18.4 Å². The number of ether oxygens (including phenoxy) is 3. The topological polar surface area (TPSA) is 67.4 Å². The Morgan fingerprint density at radius 3 is 2.47 bits per heavy atom. The highest BCUT2D eigenvalue weighted by atomic mass is 16.5. The van der Waals surface area contributed by atoms with Crippen LogP contribution in [0.4, 0.5) is 0 Å². The normalized spacial score (nSPS) is 16.6. The summed E-state index contributed by atoms with van der Waals surface area (Å²) in [4.78, 5) is 6.95. The molecule has 1 heterocycles. The van der Waals surface area contributed by atoms with Gasteiger partial charge in [0, 0.05) is 38.3 Å². The molecule has 0 aliphatic carbocycles. The number of methoxy groups -OCH3 is 3. The summed E-state index contributed by atoms with van der Waals surface area (Å²) in [5.74, 6) is 2.81. The van der Waals surface area contributed by atoms with E-state index in [1.807, 2.05) is 19.2 Å². The van der Waals surface area contributed by atoms with Crippen LogP contribution in [0.25, 0.3) is 0 Å². The van der Waals surface area contributed by atoms with Crippen molar-refractivity contribution in [1.82, 2.24) is 15.5 Å². The van der Waals surface area contributed by atoms with Gasteiger partial charge in [-0.25, -0.2) is 0 Å². The third-order valence-corrected chi connectivity index (χ3v) is 5.93. The maximum Gasteiger partial charge on any atom is 0.203 e. The second-order valence-electron chi connectivity index (χ2n) is 7.88. The van der Waals surface area contributed by atoms with Gasteiger partial charge in [0.1, 0.15) is 0 Å². The van der Waals surface area contributed by atoms with Crippen LogP contribution in [0, 0.1) is 0 Å². The molecule has 1 fully saturated rings. The predicted molar refractivity (Wildman–Crippen MR) is 129 cm³/mol. The van der Waals surface area contributed by atoms with Crippen molar-refractivity contribution in [2.24, 2.45) is 4.99 Å². The van der Waals surface area contributed by atoms with Crippen LogP contribution < -0.4 is 24.8 Å². The lowest BCUT2D eigenvalue weighted by molar-refractivity contribution is 0.245. The van der Waals surface area contributed by atoms with Gasteiger partial charge in [-0.3, -0.25) is 9.89 Å². The molecule has 0 amide bonds. The van der Waals surface area contributed by atoms with Gasteiger partial charge in [-0.1, -0.05) is 36.4 Å². The molecular formula is C25H36N4O3. The summed E-state index contributed by atoms with van der Waals surface area (Å²) in [5, 5.41) is 6.92. The van der Waals surface area contributed by atoms with Crippen molar-refractivity contribution in [2.75, 3.05) is 48.0 Å². The average Bonchev–Trinajstić information content (AvgIpc) is 3.27. The Morgan fingerprint density at radius 2 is 1.78 bits per heavy atom. The first-order valence-corrected chi connectivity index (χ1v) is 11.2. The SMILES string of the molecule is CN=C(NCCc1ccc(OC)c(OC)c1OC)NCC1CCCN1Cc1ccccc1. The standard InChI is InChI=1S/C25H36N4O3/c1-26-25(27-15-14-20-12-13-22(30-2)24(32-4)23(20)31-3)28-17-21-11-8-16-29(21)18-19-9-6-5-7-10-19/h5-7,9-10,12-13,21H,8,11,14-18H2,1-4H3,(H2,26,27,28). The molecule has 0 bridgehead atoms. The Labute approximate surface area is 191 Å². The zero-order valence-electron chi connectivity index (χ0n) is 19.7. The smallest absolute Gasteiger partial charge is 0.203 e. The molecular weight excluding hydrogens is 404 g/mol. The molecule has 1 atom stereocenters. The Kier molecular flexibility index (Phi) is 9.04. The molecule has 32 heavy (non-hydrogen) atoms. The fourth-order valence-corrected chi connectivity index (χ4v) is 4.26. The number of hydrogen-bond acceptors (Lipinski definition) is 5. The Balaban J connectivity index is 1.50. The van der Waals surface area contributed by atoms with Gasteiger partial charge in [0.25, 0.3) is 0 Å². The lowest BCUT2D eigenvalue weighted by atomic mass is 10.1. The Bertz CT molecular complexity index is 873. The summed E-state index contributed by atoms with van der Waals surface area (Å²) >= 11 is 0. The van der Waals surface area contributed by atoms with Gasteiger partial charge in [0.2, 0.25) is 5.75 Å². The van der Waals surface area contributed by atoms with E-state index in [9.17, 15) is 0 Å². The van der Waals surface area contributed by atoms with Crippen molar-refractivity contribution in [3.05, 3.63) is 53.6 Å². The molecule has 174 valence electrons. The summed E-state index contributed by atoms with van der Waals surface area (Å²) in [7, 11) is 6.71. The molecule has 7 heteroatoms. The van der Waals surface area contributed by atoms with Gasteiger partial charge >= 0.3 is 0 Å². The van der Waals surface area contributed by atoms with Crippen molar-refractivity contribution in [2.45, 2.75) is 31.8 Å². The molecule has 2 aromatic rings. The van der Waals surface area contributed by atoms with Gasteiger partial charge < -0.3 is 24.8 Å². The number of likely N-dealkylation sites (tertiary alicyclic amines) is 1. The van der Waals surface area contributed by atoms with E-state index >= 15 is 0 Å². The van der Waals surface area contributed by atoms with Gasteiger partial charge in [-0.15, -0.1) is 0 Å². The Morgan fingerprint density at radius 1 is 1.00 bits per heavy atom. The van der Waals surface area contributed by atoms with Crippen molar-refractivity contribution in [3.63, 3.8) is 0 Å². The molecule has 0 aromatic heterocycles. The number of aliphatic imine (C=N–C) groups is 1. The van der Waals surface area contributed by atoms with Gasteiger partial charge in [-0.2, -0.15) is 0 Å². The van der Waals surface area contributed by atoms with E-state index in [4.69, 9.17) is 14.2 Å². The number of guanidine groups is 1. The zero-order chi connectivity index (χ0) is 22.8. The first-order valence-electron chi connectivity index (χ1n) is 11.2. The van der Waals surface area contributed by atoms with Crippen LogP contribution in [0.2, 0.25) is 0 Å². The fourth-order valence-electron chi connectivity index (χ4n) is 4.26. The summed E-state index contributed by atoms with van der Waals surface area (Å²) < 4.78 is 16.4. The lowest BCUT2D eigenvalue weighted by Crippen LogP contribution is -2.45. The number of rotatable bonds is 10. The van der Waals surface area contributed by atoms with E-state index in [0.29, 0.717) is 23.3 Å². The summed E-state index contributed by atoms with van der Waals surface area (Å²) in [6.07, 6.45) is 3.22. The number of nitrogens with zero attached hydrogens (tertiary/aromatic N) is 2. The van der Waals surface area contributed by atoms with Crippen LogP contribution in [0.3, 0.4) is 0 Å². The number of hydrogen-bond donors (Lipinski definition) is 2. The molecule has 0 spiro atoms. The highest BCUT2D eigenvalue weighted by Gasteiger charge is 2.24. The van der Waals surface area contributed by atoms with E-state index in [0.717, 1.165) is 44.1 Å². The van der Waals surface area contributed by atoms with E-state index in [2.05, 4.69) is 50.9 Å². The van der Waals surface area contributed by atoms with Gasteiger partial charge in [0.05, 0.1) is 21.3 Å². The molecule has 0 radical (unpaired) electrons. The van der Waals surface area contributed by atoms with Crippen LogP contribution >= 0.6 is 0 Å². The maximum atomic E-state index is 5.59. The molecule has 1 saturated heterocycles. The number of benzene rings is 2. The summed E-state index contributed by atoms with van der Waals surface area (Å²) in [5.41, 5.74) is 2.42. The minimum atomic E-state index is 0.514. The molecule has 3 rings (SSSR count). The monoisotopic (exact) mass is 440 g/mol. The van der Waals surface area contributed by atoms with E-state index in [-0.39, 0.29) is 0 Å². The first kappa shape index (κ1) is 23.7. The van der Waals surface area contributed by atoms with Crippen molar-refractivity contribution in [3.8, 4) is 17.2 Å². The average molecular weight is 441 g/mol. The Hall–Kier alpha value is -2.93. The zero-order valence-corrected chi connectivity index (χ0v) is 19.7. The molecule has 2 N–H and O–H groups in total. The van der Waals surface area contributed by atoms with Crippen molar-refractivity contribution >= 4 is 5.96 Å². The second kappa shape index (κ2) is 12.2. The van der Waals surface area contributed by atoms with Crippen molar-refractivity contribution in [1.29, 1.82) is 0 Å². The summed E-state index contributed by atoms with van der Waals surface area (Å²) in [6.45, 7) is 3.75.